The number of likely N-dealkylation sites (N-methyl/N-ethyl adjacent to an activating group) is 1. The van der Waals surface area contributed by atoms with E-state index < -0.39 is 6.04 Å². The molecule has 0 radical (unpaired) electrons. The molecule has 8 heteroatoms. The molecule has 2 heterocycles. The van der Waals surface area contributed by atoms with Gasteiger partial charge < -0.3 is 20.9 Å². The number of aromatic nitrogens is 1. The van der Waals surface area contributed by atoms with Gasteiger partial charge in [-0.3, -0.25) is 14.5 Å². The Morgan fingerprint density at radius 2 is 1.82 bits per heavy atom. The smallest absolute Gasteiger partial charge is 0.324 e. The van der Waals surface area contributed by atoms with Gasteiger partial charge in [-0.1, -0.05) is 18.2 Å². The van der Waals surface area contributed by atoms with E-state index in [-0.39, 0.29) is 17.8 Å². The van der Waals surface area contributed by atoms with E-state index in [1.807, 2.05) is 49.6 Å². The van der Waals surface area contributed by atoms with Crippen LogP contribution >= 0.6 is 0 Å². The Hall–Kier alpha value is -3.65. The second-order valence-electron chi connectivity index (χ2n) is 8.37. The molecule has 1 fully saturated rings. The number of H-pyrrole nitrogens is 1. The molecule has 4 rings (SSSR count). The maximum Gasteiger partial charge on any atom is 0.324 e. The van der Waals surface area contributed by atoms with Crippen molar-refractivity contribution in [3.63, 3.8) is 0 Å². The van der Waals surface area contributed by atoms with E-state index in [4.69, 9.17) is 0 Å². The Balaban J connectivity index is 1.38. The van der Waals surface area contributed by atoms with E-state index in [1.165, 1.54) is 17.4 Å². The van der Waals surface area contributed by atoms with E-state index >= 15 is 0 Å². The zero-order valence-corrected chi connectivity index (χ0v) is 18.9. The summed E-state index contributed by atoms with van der Waals surface area (Å²) in [5.41, 5.74) is 5.02. The van der Waals surface area contributed by atoms with Crippen molar-refractivity contribution in [3.8, 4) is 0 Å². The number of anilines is 1. The quantitative estimate of drug-likeness (QED) is 0.378. The Kier molecular flexibility index (Phi) is 6.74. The minimum atomic E-state index is -0.559. The van der Waals surface area contributed by atoms with Gasteiger partial charge in [0.1, 0.15) is 6.04 Å². The second-order valence-corrected chi connectivity index (χ2v) is 8.37. The summed E-state index contributed by atoms with van der Waals surface area (Å²) in [7, 11) is 1.93. The lowest BCUT2D eigenvalue weighted by atomic mass is 10.0. The summed E-state index contributed by atoms with van der Waals surface area (Å²) >= 11 is 0. The summed E-state index contributed by atoms with van der Waals surface area (Å²) in [6.45, 7) is 2.66. The highest BCUT2D eigenvalue weighted by atomic mass is 16.2. The van der Waals surface area contributed by atoms with Gasteiger partial charge in [0.15, 0.2) is 0 Å². The van der Waals surface area contributed by atoms with Crippen LogP contribution in [0.3, 0.4) is 0 Å². The molecule has 1 aliphatic heterocycles. The fraction of sp³-hybridized carbons (Fsp3) is 0.320. The number of urea groups is 1. The molecule has 1 aromatic heterocycles. The third kappa shape index (κ3) is 5.23. The maximum absolute atomic E-state index is 12.9. The summed E-state index contributed by atoms with van der Waals surface area (Å²) in [6, 6.07) is 12.6. The highest BCUT2D eigenvalue weighted by Crippen LogP contribution is 2.22. The first-order chi connectivity index (χ1) is 15.9. The van der Waals surface area contributed by atoms with Gasteiger partial charge in [-0.2, -0.15) is 0 Å². The van der Waals surface area contributed by atoms with E-state index in [2.05, 4.69) is 27.0 Å². The molecule has 4 N–H and O–H groups in total. The number of aromatic amines is 1. The van der Waals surface area contributed by atoms with Crippen molar-refractivity contribution in [1.29, 1.82) is 0 Å². The normalized spacial score (nSPS) is 15.8. The van der Waals surface area contributed by atoms with Crippen molar-refractivity contribution in [2.45, 2.75) is 32.2 Å². The van der Waals surface area contributed by atoms with Crippen LogP contribution in [0.1, 0.15) is 23.6 Å². The van der Waals surface area contributed by atoms with Gasteiger partial charge in [-0.15, -0.1) is 0 Å². The molecule has 172 valence electrons. The number of benzene rings is 2. The van der Waals surface area contributed by atoms with Gasteiger partial charge in [0.25, 0.3) is 5.91 Å². The first-order valence-corrected chi connectivity index (χ1v) is 11.2. The molecule has 1 aliphatic rings. The molecule has 2 aromatic carbocycles. The number of nitrogens with zero attached hydrogens (tertiary/aromatic N) is 1. The summed E-state index contributed by atoms with van der Waals surface area (Å²) < 4.78 is 0. The van der Waals surface area contributed by atoms with Crippen molar-refractivity contribution in [3.05, 3.63) is 65.4 Å². The SMILES string of the molecule is CNCCc1c[nH]c2ccc(CC3NC(=O)N(CCc4ccc(NC(C)=O)cc4)C3=O)cc12. The van der Waals surface area contributed by atoms with E-state index in [9.17, 15) is 14.4 Å². The van der Waals surface area contributed by atoms with Gasteiger partial charge in [-0.25, -0.2) is 4.79 Å². The maximum atomic E-state index is 12.9. The van der Waals surface area contributed by atoms with Crippen molar-refractivity contribution in [2.24, 2.45) is 0 Å². The number of carbonyl (C=O) groups is 3. The molecule has 33 heavy (non-hydrogen) atoms. The van der Waals surface area contributed by atoms with E-state index in [0.29, 0.717) is 19.4 Å². The number of nitrogens with one attached hydrogen (secondary N) is 4. The Morgan fingerprint density at radius 1 is 1.06 bits per heavy atom. The molecule has 4 amide bonds. The molecule has 1 saturated heterocycles. The van der Waals surface area contributed by atoms with Gasteiger partial charge in [0, 0.05) is 42.7 Å². The molecule has 1 atom stereocenters. The van der Waals surface area contributed by atoms with Crippen molar-refractivity contribution in [2.75, 3.05) is 25.5 Å². The lowest BCUT2D eigenvalue weighted by Crippen LogP contribution is -2.33. The van der Waals surface area contributed by atoms with Crippen LogP contribution in [-0.4, -0.2) is 53.9 Å². The van der Waals surface area contributed by atoms with Crippen molar-refractivity contribution in [1.82, 2.24) is 20.5 Å². The fourth-order valence-electron chi connectivity index (χ4n) is 4.18. The van der Waals surface area contributed by atoms with Gasteiger partial charge in [0.05, 0.1) is 0 Å². The lowest BCUT2D eigenvalue weighted by Gasteiger charge is -2.13. The zero-order valence-electron chi connectivity index (χ0n) is 18.9. The predicted molar refractivity (Wildman–Crippen MR) is 128 cm³/mol. The van der Waals surface area contributed by atoms with Gasteiger partial charge in [-0.05, 0) is 67.4 Å². The van der Waals surface area contributed by atoms with Crippen LogP contribution in [-0.2, 0) is 28.9 Å². The minimum Gasteiger partial charge on any atom is -0.361 e. The van der Waals surface area contributed by atoms with Crippen LogP contribution in [0.25, 0.3) is 10.9 Å². The monoisotopic (exact) mass is 447 g/mol. The Labute approximate surface area is 192 Å². The van der Waals surface area contributed by atoms with Gasteiger partial charge in [0.2, 0.25) is 5.91 Å². The third-order valence-corrected chi connectivity index (χ3v) is 5.92. The predicted octanol–water partition coefficient (Wildman–Crippen LogP) is 2.59. The van der Waals surface area contributed by atoms with Crippen LogP contribution in [0.5, 0.6) is 0 Å². The van der Waals surface area contributed by atoms with Crippen LogP contribution in [0.15, 0.2) is 48.7 Å². The Morgan fingerprint density at radius 3 is 2.55 bits per heavy atom. The topological polar surface area (TPSA) is 106 Å². The summed E-state index contributed by atoms with van der Waals surface area (Å²) in [5.74, 6) is -0.322. The molecule has 0 spiro atoms. The van der Waals surface area contributed by atoms with Crippen LogP contribution in [0, 0.1) is 0 Å². The second kappa shape index (κ2) is 9.87. The van der Waals surface area contributed by atoms with E-state index in [1.54, 1.807) is 0 Å². The van der Waals surface area contributed by atoms with Crippen molar-refractivity contribution >= 4 is 34.4 Å². The number of rotatable bonds is 9. The molecular formula is C25H29N5O3. The summed E-state index contributed by atoms with van der Waals surface area (Å²) in [4.78, 5) is 41.1. The number of hydrogen-bond acceptors (Lipinski definition) is 4. The molecule has 0 aliphatic carbocycles. The first kappa shape index (κ1) is 22.5. The average molecular weight is 448 g/mol. The molecule has 0 saturated carbocycles. The van der Waals surface area contributed by atoms with Crippen LogP contribution < -0.4 is 16.0 Å². The largest absolute Gasteiger partial charge is 0.361 e. The Bertz CT molecular complexity index is 1170. The number of hydrogen-bond donors (Lipinski definition) is 4. The molecule has 3 aromatic rings. The highest BCUT2D eigenvalue weighted by Gasteiger charge is 2.37. The summed E-state index contributed by atoms with van der Waals surface area (Å²) in [6.07, 6.45) is 3.95. The van der Waals surface area contributed by atoms with E-state index in [0.717, 1.165) is 40.7 Å². The standard InChI is InChI=1S/C25H29N5O3/c1-16(31)28-20-6-3-17(4-7-20)10-12-30-24(32)23(29-25(30)33)14-18-5-8-22-21(13-18)19(15-27-22)9-11-26-2/h3-8,13,15,23,26-27H,9-12,14H2,1-2H3,(H,28,31)(H,29,33). The molecule has 0 bridgehead atoms. The van der Waals surface area contributed by atoms with Crippen molar-refractivity contribution < 1.29 is 14.4 Å². The summed E-state index contributed by atoms with van der Waals surface area (Å²) in [5, 5.41) is 9.87. The molecule has 8 nitrogen and oxygen atoms in total. The third-order valence-electron chi connectivity index (χ3n) is 5.92. The number of imide groups is 1. The first-order valence-electron chi connectivity index (χ1n) is 11.2. The van der Waals surface area contributed by atoms with Gasteiger partial charge >= 0.3 is 6.03 Å². The minimum absolute atomic E-state index is 0.127. The van der Waals surface area contributed by atoms with Crippen LogP contribution in [0.2, 0.25) is 0 Å². The number of carbonyl (C=O) groups excluding carboxylic acids is 3. The highest BCUT2D eigenvalue weighted by molar-refractivity contribution is 6.04. The molecule has 1 unspecified atom stereocenters. The number of amides is 4. The zero-order chi connectivity index (χ0) is 23.4. The average Bonchev–Trinajstić information content (AvgIpc) is 3.31. The lowest BCUT2D eigenvalue weighted by molar-refractivity contribution is -0.127. The molecular weight excluding hydrogens is 418 g/mol. The number of fused-ring (bicyclic) bond motifs is 1. The fourth-order valence-corrected chi connectivity index (χ4v) is 4.18. The van der Waals surface area contributed by atoms with Crippen LogP contribution in [0.4, 0.5) is 10.5 Å².